The van der Waals surface area contributed by atoms with Gasteiger partial charge >= 0.3 is 6.18 Å². The van der Waals surface area contributed by atoms with Crippen LogP contribution in [0.2, 0.25) is 5.15 Å². The molecule has 1 fully saturated rings. The number of nitrogens with zero attached hydrogens (tertiary/aromatic N) is 2. The highest BCUT2D eigenvalue weighted by Crippen LogP contribution is 2.33. The molecule has 30 heavy (non-hydrogen) atoms. The number of ether oxygens (including phenoxy) is 2. The molecule has 1 unspecified atom stereocenters. The smallest absolute Gasteiger partial charge is 0.417 e. The van der Waals surface area contributed by atoms with Gasteiger partial charge in [-0.25, -0.2) is 9.37 Å². The van der Waals surface area contributed by atoms with Gasteiger partial charge in [0, 0.05) is 18.8 Å². The fourth-order valence-corrected chi connectivity index (χ4v) is 3.04. The SMILES string of the molecule is O=C(/C=C/c1ccc(F)cc1C(F)(F)F)N1CCOC(COc2cccnc2Cl)C1. The lowest BCUT2D eigenvalue weighted by Crippen LogP contribution is -2.47. The van der Waals surface area contributed by atoms with Crippen molar-refractivity contribution in [2.75, 3.05) is 26.3 Å². The number of morpholine rings is 1. The van der Waals surface area contributed by atoms with E-state index in [0.29, 0.717) is 11.8 Å². The van der Waals surface area contributed by atoms with Crippen molar-refractivity contribution in [3.63, 3.8) is 0 Å². The van der Waals surface area contributed by atoms with Crippen molar-refractivity contribution in [1.29, 1.82) is 0 Å². The number of benzene rings is 1. The fourth-order valence-electron chi connectivity index (χ4n) is 2.87. The summed E-state index contributed by atoms with van der Waals surface area (Å²) in [5, 5.41) is 0.198. The molecule has 5 nitrogen and oxygen atoms in total. The minimum absolute atomic E-state index is 0.120. The van der Waals surface area contributed by atoms with Gasteiger partial charge in [0.2, 0.25) is 5.91 Å². The highest BCUT2D eigenvalue weighted by Gasteiger charge is 2.33. The summed E-state index contributed by atoms with van der Waals surface area (Å²) in [5.41, 5.74) is -1.44. The second kappa shape index (κ2) is 9.44. The zero-order valence-corrected chi connectivity index (χ0v) is 16.3. The van der Waals surface area contributed by atoms with Crippen LogP contribution in [0, 0.1) is 5.82 Å². The summed E-state index contributed by atoms with van der Waals surface area (Å²) in [6, 6.07) is 5.59. The molecule has 1 amide bonds. The summed E-state index contributed by atoms with van der Waals surface area (Å²) < 4.78 is 63.5. The number of amides is 1. The van der Waals surface area contributed by atoms with Crippen LogP contribution in [0.5, 0.6) is 5.75 Å². The van der Waals surface area contributed by atoms with Gasteiger partial charge in [-0.3, -0.25) is 4.79 Å². The van der Waals surface area contributed by atoms with E-state index >= 15 is 0 Å². The zero-order valence-electron chi connectivity index (χ0n) is 15.5. The Hall–Kier alpha value is -2.65. The van der Waals surface area contributed by atoms with E-state index in [0.717, 1.165) is 24.3 Å². The molecule has 1 aliphatic heterocycles. The molecule has 1 aliphatic rings. The van der Waals surface area contributed by atoms with Crippen molar-refractivity contribution < 1.29 is 31.8 Å². The first-order valence-corrected chi connectivity index (χ1v) is 9.30. The maximum absolute atomic E-state index is 13.2. The molecule has 0 saturated carbocycles. The molecule has 1 atom stereocenters. The minimum Gasteiger partial charge on any atom is -0.488 e. The van der Waals surface area contributed by atoms with E-state index in [1.54, 1.807) is 12.1 Å². The Morgan fingerprint density at radius 3 is 2.90 bits per heavy atom. The molecule has 1 aromatic carbocycles. The predicted molar refractivity (Wildman–Crippen MR) is 101 cm³/mol. The molecule has 3 rings (SSSR count). The highest BCUT2D eigenvalue weighted by atomic mass is 35.5. The third kappa shape index (κ3) is 5.70. The maximum atomic E-state index is 13.2. The van der Waals surface area contributed by atoms with Crippen LogP contribution in [-0.4, -0.2) is 48.2 Å². The molecule has 0 aliphatic carbocycles. The molecule has 1 saturated heterocycles. The molecular formula is C20H17ClF4N2O3. The summed E-state index contributed by atoms with van der Waals surface area (Å²) in [7, 11) is 0. The van der Waals surface area contributed by atoms with Gasteiger partial charge < -0.3 is 14.4 Å². The Bertz CT molecular complexity index is 937. The minimum atomic E-state index is -4.74. The molecule has 0 spiro atoms. The van der Waals surface area contributed by atoms with Gasteiger partial charge in [-0.1, -0.05) is 17.7 Å². The second-order valence-corrected chi connectivity index (χ2v) is 6.80. The molecule has 160 valence electrons. The van der Waals surface area contributed by atoms with Crippen LogP contribution in [0.25, 0.3) is 6.08 Å². The lowest BCUT2D eigenvalue weighted by atomic mass is 10.1. The van der Waals surface area contributed by atoms with Crippen LogP contribution in [0.4, 0.5) is 17.6 Å². The van der Waals surface area contributed by atoms with E-state index in [1.165, 1.54) is 11.1 Å². The number of halogens is 5. The molecule has 0 N–H and O–H groups in total. The number of pyridine rings is 1. The monoisotopic (exact) mass is 444 g/mol. The number of alkyl halides is 3. The Morgan fingerprint density at radius 2 is 2.17 bits per heavy atom. The molecule has 2 aromatic rings. The number of aromatic nitrogens is 1. The first kappa shape index (κ1) is 22.0. The second-order valence-electron chi connectivity index (χ2n) is 6.44. The molecule has 0 bridgehead atoms. The van der Waals surface area contributed by atoms with Gasteiger partial charge in [-0.2, -0.15) is 13.2 Å². The van der Waals surface area contributed by atoms with Gasteiger partial charge in [0.1, 0.15) is 18.5 Å². The van der Waals surface area contributed by atoms with Crippen LogP contribution in [-0.2, 0) is 15.7 Å². The van der Waals surface area contributed by atoms with Crippen molar-refractivity contribution >= 4 is 23.6 Å². The van der Waals surface area contributed by atoms with Crippen molar-refractivity contribution in [2.24, 2.45) is 0 Å². The third-order valence-electron chi connectivity index (χ3n) is 4.33. The van der Waals surface area contributed by atoms with Gasteiger partial charge in [-0.05, 0) is 35.9 Å². The third-order valence-corrected chi connectivity index (χ3v) is 4.61. The molecule has 2 heterocycles. The Labute approximate surface area is 174 Å². The van der Waals surface area contributed by atoms with Crippen molar-refractivity contribution in [1.82, 2.24) is 9.88 Å². The van der Waals surface area contributed by atoms with Gasteiger partial charge in [-0.15, -0.1) is 0 Å². The first-order chi connectivity index (χ1) is 14.2. The Morgan fingerprint density at radius 1 is 1.37 bits per heavy atom. The van der Waals surface area contributed by atoms with Gasteiger partial charge in [0.15, 0.2) is 10.9 Å². The van der Waals surface area contributed by atoms with Crippen LogP contribution in [0.1, 0.15) is 11.1 Å². The maximum Gasteiger partial charge on any atom is 0.417 e. The zero-order chi connectivity index (χ0) is 21.7. The van der Waals surface area contributed by atoms with Crippen LogP contribution >= 0.6 is 11.6 Å². The topological polar surface area (TPSA) is 51.7 Å². The molecule has 1 aromatic heterocycles. The number of carbonyl (C=O) groups excluding carboxylic acids is 1. The van der Waals surface area contributed by atoms with E-state index in [4.69, 9.17) is 21.1 Å². The summed E-state index contributed by atoms with van der Waals surface area (Å²) >= 11 is 5.92. The lowest BCUT2D eigenvalue weighted by molar-refractivity contribution is -0.138. The first-order valence-electron chi connectivity index (χ1n) is 8.92. The molecule has 10 heteroatoms. The van der Waals surface area contributed by atoms with Gasteiger partial charge in [0.05, 0.1) is 18.7 Å². The summed E-state index contributed by atoms with van der Waals surface area (Å²) in [4.78, 5) is 17.8. The average molecular weight is 445 g/mol. The Balaban J connectivity index is 1.62. The summed E-state index contributed by atoms with van der Waals surface area (Å²) in [6.07, 6.45) is -1.60. The van der Waals surface area contributed by atoms with Crippen molar-refractivity contribution in [2.45, 2.75) is 12.3 Å². The van der Waals surface area contributed by atoms with Crippen molar-refractivity contribution in [3.05, 3.63) is 64.7 Å². The van der Waals surface area contributed by atoms with E-state index in [-0.39, 0.29) is 37.0 Å². The molecular weight excluding hydrogens is 428 g/mol. The summed E-state index contributed by atoms with van der Waals surface area (Å²) in [5.74, 6) is -1.11. The van der Waals surface area contributed by atoms with E-state index in [2.05, 4.69) is 4.98 Å². The number of carbonyl (C=O) groups is 1. The number of rotatable bonds is 5. The molecule has 0 radical (unpaired) electrons. The Kier molecular flexibility index (Phi) is 6.94. The van der Waals surface area contributed by atoms with Crippen LogP contribution in [0.15, 0.2) is 42.6 Å². The van der Waals surface area contributed by atoms with Crippen LogP contribution < -0.4 is 4.74 Å². The van der Waals surface area contributed by atoms with E-state index in [1.807, 2.05) is 0 Å². The summed E-state index contributed by atoms with van der Waals surface area (Å²) in [6.45, 7) is 0.841. The van der Waals surface area contributed by atoms with E-state index in [9.17, 15) is 22.4 Å². The van der Waals surface area contributed by atoms with Gasteiger partial charge in [0.25, 0.3) is 0 Å². The van der Waals surface area contributed by atoms with E-state index < -0.39 is 29.6 Å². The fraction of sp³-hybridized carbons (Fsp3) is 0.300. The largest absolute Gasteiger partial charge is 0.488 e. The lowest BCUT2D eigenvalue weighted by Gasteiger charge is -2.32. The van der Waals surface area contributed by atoms with Crippen LogP contribution in [0.3, 0.4) is 0 Å². The predicted octanol–water partition coefficient (Wildman–Crippen LogP) is 4.21. The number of hydrogen-bond acceptors (Lipinski definition) is 4. The normalized spacial score (nSPS) is 17.4. The average Bonchev–Trinajstić information content (AvgIpc) is 2.71. The standard InChI is InChI=1S/C20H17ClF4N2O3/c21-19-17(2-1-7-26-19)30-12-15-11-27(8-9-29-15)18(28)6-4-13-3-5-14(22)10-16(13)20(23,24)25/h1-7,10,15H,8-9,11-12H2/b6-4+. The quantitative estimate of drug-likeness (QED) is 0.394. The van der Waals surface area contributed by atoms with Crippen molar-refractivity contribution in [3.8, 4) is 5.75 Å². The number of hydrogen-bond donors (Lipinski definition) is 0. The highest BCUT2D eigenvalue weighted by molar-refractivity contribution is 6.30.